The minimum Gasteiger partial charge on any atom is -0.480 e. The van der Waals surface area contributed by atoms with Crippen molar-refractivity contribution in [2.75, 3.05) is 6.54 Å². The van der Waals surface area contributed by atoms with E-state index in [2.05, 4.69) is 5.73 Å². The van der Waals surface area contributed by atoms with Crippen LogP contribution in [0.2, 0.25) is 0 Å². The maximum atomic E-state index is 9.24. The van der Waals surface area contributed by atoms with E-state index in [1.54, 1.807) is 0 Å². The Morgan fingerprint density at radius 1 is 0.941 bits per heavy atom. The van der Waals surface area contributed by atoms with Crippen molar-refractivity contribution in [2.45, 2.75) is 0 Å². The maximum absolute atomic E-state index is 9.24. The van der Waals surface area contributed by atoms with Gasteiger partial charge >= 0.3 is 5.97 Å². The third-order valence-corrected chi connectivity index (χ3v) is 0.175. The number of nitrogens with two attached hydrogens (primary N) is 1. The van der Waals surface area contributed by atoms with Crippen molar-refractivity contribution in [3.63, 3.8) is 0 Å². The highest BCUT2D eigenvalue weighted by Crippen LogP contribution is 1.43. The molecule has 0 amide bonds. The lowest BCUT2D eigenvalue weighted by molar-refractivity contribution is -0.742. The number of hydrogen-bond donors (Lipinski definition) is 5. The van der Waals surface area contributed by atoms with E-state index in [0.717, 1.165) is 0 Å². The van der Waals surface area contributed by atoms with Crippen LogP contribution in [-0.4, -0.2) is 48.5 Å². The Labute approximate surface area is 90.6 Å². The van der Waals surface area contributed by atoms with Gasteiger partial charge in [0.25, 0.3) is 15.3 Å². The summed E-state index contributed by atoms with van der Waals surface area (Å²) in [7, 11) is 0. The molecule has 0 aliphatic heterocycles. The van der Waals surface area contributed by atoms with E-state index < -0.39 is 21.2 Å². The fraction of sp³-hybridized carbons (Fsp3) is 0.500. The first-order chi connectivity index (χ1) is 7.47. The lowest BCUT2D eigenvalue weighted by Gasteiger charge is -1.73. The molecule has 6 N–H and O–H groups in total. The zero-order chi connectivity index (χ0) is 15.0. The van der Waals surface area contributed by atoms with Crippen molar-refractivity contribution in [2.24, 2.45) is 5.73 Å². The van der Waals surface area contributed by atoms with Crippen molar-refractivity contribution in [3.8, 4) is 0 Å². The zero-order valence-electron chi connectivity index (χ0n) is 7.77. The summed E-state index contributed by atoms with van der Waals surface area (Å²) < 4.78 is 0. The third kappa shape index (κ3) is 1680. The average Bonchev–Trinajstić information content (AvgIpc) is 2.00. The summed E-state index contributed by atoms with van der Waals surface area (Å²) in [6.45, 7) is -0.278. The predicted molar refractivity (Wildman–Crippen MR) is 43.0 cm³/mol. The Kier molecular flexibility index (Phi) is 26.1. The van der Waals surface area contributed by atoms with Crippen LogP contribution >= 0.6 is 0 Å². The second kappa shape index (κ2) is 18.7. The van der Waals surface area contributed by atoms with Crippen LogP contribution in [0.5, 0.6) is 0 Å². The average molecular weight is 264 g/mol. The summed E-state index contributed by atoms with van der Waals surface area (Å²) in [5.74, 6) is -0.968. The predicted octanol–water partition coefficient (Wildman–Crippen LogP) is -2.01. The first-order valence-corrected chi connectivity index (χ1v) is 2.88. The molecule has 0 atom stereocenters. The van der Waals surface area contributed by atoms with Crippen LogP contribution in [0.25, 0.3) is 0 Å². The van der Waals surface area contributed by atoms with Crippen LogP contribution in [0.1, 0.15) is 0 Å². The van der Waals surface area contributed by atoms with Crippen LogP contribution in [0.3, 0.4) is 0 Å². The fourth-order valence-corrected chi connectivity index (χ4v) is 0. The molecule has 0 saturated carbocycles. The molecule has 0 bridgehead atoms. The lowest BCUT2D eigenvalue weighted by Crippen LogP contribution is -2.10. The van der Waals surface area contributed by atoms with E-state index in [-0.39, 0.29) is 6.54 Å². The molecule has 102 valence electrons. The minimum atomic E-state index is -1.50. The van der Waals surface area contributed by atoms with E-state index >= 15 is 0 Å². The maximum Gasteiger partial charge on any atom is 0.317 e. The largest absolute Gasteiger partial charge is 0.480 e. The Balaban J connectivity index is -0.0000000667. The number of carboxylic acid groups (broad SMARTS) is 1. The zero-order valence-corrected chi connectivity index (χ0v) is 7.77. The highest BCUT2D eigenvalue weighted by atomic mass is 16.9. The standard InChI is InChI=1S/C2H5NO2.3HNO3/c3-1-2(4)5;3*2-1(3)4/h1,3H2,(H,4,5);3*(H,2,3,4). The molecular formula is C2H8N4O11. The van der Waals surface area contributed by atoms with Gasteiger partial charge in [0.15, 0.2) is 0 Å². The SMILES string of the molecule is NCC(=O)O.O=[N+]([O-])O.O=[N+]([O-])O.O=[N+]([O-])O. The van der Waals surface area contributed by atoms with Crippen molar-refractivity contribution in [1.29, 1.82) is 0 Å². The molecule has 0 aromatic heterocycles. The quantitative estimate of drug-likeness (QED) is 0.254. The van der Waals surface area contributed by atoms with Gasteiger partial charge in [0.2, 0.25) is 0 Å². The molecule has 0 aromatic carbocycles. The van der Waals surface area contributed by atoms with Gasteiger partial charge in [-0.05, 0) is 0 Å². The number of aliphatic carboxylic acids is 1. The highest BCUT2D eigenvalue weighted by molar-refractivity contribution is 5.68. The van der Waals surface area contributed by atoms with Gasteiger partial charge in [-0.1, -0.05) is 0 Å². The number of nitrogens with zero attached hydrogens (tertiary/aromatic N) is 3. The summed E-state index contributed by atoms with van der Waals surface area (Å²) in [6.07, 6.45) is 0. The molecule has 15 heteroatoms. The minimum absolute atomic E-state index is 0.278. The molecule has 0 aliphatic rings. The molecule has 0 aliphatic carbocycles. The van der Waals surface area contributed by atoms with Gasteiger partial charge in [-0.3, -0.25) is 4.79 Å². The smallest absolute Gasteiger partial charge is 0.317 e. The highest BCUT2D eigenvalue weighted by Gasteiger charge is 1.81. The summed E-state index contributed by atoms with van der Waals surface area (Å²) in [5, 5.41) is 48.5. The lowest BCUT2D eigenvalue weighted by atomic mass is 10.7. The van der Waals surface area contributed by atoms with Gasteiger partial charge in [-0.2, -0.15) is 0 Å². The van der Waals surface area contributed by atoms with Crippen LogP contribution in [0, 0.1) is 30.3 Å². The fourth-order valence-electron chi connectivity index (χ4n) is 0. The number of rotatable bonds is 1. The van der Waals surface area contributed by atoms with E-state index in [0.29, 0.717) is 0 Å². The molecule has 0 spiro atoms. The molecule has 0 radical (unpaired) electrons. The van der Waals surface area contributed by atoms with Crippen LogP contribution < -0.4 is 5.73 Å². The normalized spacial score (nSPS) is 6.41. The van der Waals surface area contributed by atoms with Crippen molar-refractivity contribution < 1.29 is 40.8 Å². The van der Waals surface area contributed by atoms with Gasteiger partial charge < -0.3 is 26.5 Å². The van der Waals surface area contributed by atoms with E-state index in [4.69, 9.17) is 51.1 Å². The van der Waals surface area contributed by atoms with E-state index in [1.165, 1.54) is 0 Å². The van der Waals surface area contributed by atoms with Crippen LogP contribution in [-0.2, 0) is 4.79 Å². The number of carbonyl (C=O) groups is 1. The summed E-state index contributed by atoms with van der Waals surface area (Å²) >= 11 is 0. The third-order valence-electron chi connectivity index (χ3n) is 0.175. The van der Waals surface area contributed by atoms with E-state index in [1.807, 2.05) is 0 Å². The first kappa shape index (κ1) is 23.7. The molecule has 0 aromatic rings. The Bertz CT molecular complexity index is 197. The van der Waals surface area contributed by atoms with Crippen molar-refractivity contribution in [3.05, 3.63) is 30.3 Å². The summed E-state index contributed by atoms with van der Waals surface area (Å²) in [4.78, 5) is 34.3. The topological polar surface area (TPSA) is 253 Å². The molecule has 17 heavy (non-hydrogen) atoms. The second-order valence-corrected chi connectivity index (χ2v) is 1.31. The van der Waals surface area contributed by atoms with E-state index in [9.17, 15) is 4.79 Å². The number of carboxylic acids is 1. The van der Waals surface area contributed by atoms with Gasteiger partial charge in [0, 0.05) is 0 Å². The van der Waals surface area contributed by atoms with Crippen molar-refractivity contribution >= 4 is 5.97 Å². The van der Waals surface area contributed by atoms with Gasteiger partial charge in [-0.25, -0.2) is 0 Å². The van der Waals surface area contributed by atoms with Gasteiger partial charge in [-0.15, -0.1) is 30.3 Å². The second-order valence-electron chi connectivity index (χ2n) is 1.31. The monoisotopic (exact) mass is 264 g/mol. The molecule has 0 fully saturated rings. The Hall–Kier alpha value is -2.97. The molecule has 0 unspecified atom stereocenters. The van der Waals surface area contributed by atoms with Crippen molar-refractivity contribution in [1.82, 2.24) is 0 Å². The summed E-state index contributed by atoms with van der Waals surface area (Å²) in [6, 6.07) is 0. The first-order valence-electron chi connectivity index (χ1n) is 2.88. The molecule has 0 rings (SSSR count). The Morgan fingerprint density at radius 2 is 1.00 bits per heavy atom. The molecular weight excluding hydrogens is 256 g/mol. The van der Waals surface area contributed by atoms with Gasteiger partial charge in [0.1, 0.15) is 0 Å². The molecule has 0 heterocycles. The van der Waals surface area contributed by atoms with Gasteiger partial charge in [0.05, 0.1) is 6.54 Å². The number of hydrogen-bond acceptors (Lipinski definition) is 8. The van der Waals surface area contributed by atoms with Crippen LogP contribution in [0.15, 0.2) is 0 Å². The molecule has 15 nitrogen and oxygen atoms in total. The molecule has 0 saturated heterocycles. The Morgan fingerprint density at radius 3 is 1.00 bits per heavy atom. The summed E-state index contributed by atoms with van der Waals surface area (Å²) in [5.41, 5.74) is 4.57. The van der Waals surface area contributed by atoms with Crippen LogP contribution in [0.4, 0.5) is 0 Å².